The zero-order valence-corrected chi connectivity index (χ0v) is 17.6. The van der Waals surface area contributed by atoms with Crippen LogP contribution in [0.4, 0.5) is 0 Å². The molecular formula is C24H27ClN2O2. The Morgan fingerprint density at radius 2 is 2.03 bits per heavy atom. The summed E-state index contributed by atoms with van der Waals surface area (Å²) in [4.78, 5) is 17.7. The summed E-state index contributed by atoms with van der Waals surface area (Å²) in [6.45, 7) is 3.64. The lowest BCUT2D eigenvalue weighted by molar-refractivity contribution is 0.112. The summed E-state index contributed by atoms with van der Waals surface area (Å²) in [7, 11) is 2.21. The highest BCUT2D eigenvalue weighted by molar-refractivity contribution is 6.31. The molecule has 0 spiro atoms. The van der Waals surface area contributed by atoms with E-state index in [-0.39, 0.29) is 5.43 Å². The fourth-order valence-corrected chi connectivity index (χ4v) is 4.33. The van der Waals surface area contributed by atoms with Crippen molar-refractivity contribution in [2.45, 2.75) is 31.8 Å². The van der Waals surface area contributed by atoms with Crippen LogP contribution in [0.15, 0.2) is 64.0 Å². The summed E-state index contributed by atoms with van der Waals surface area (Å²) in [6.07, 6.45) is 5.01. The number of hydrogen-bond acceptors (Lipinski definition) is 4. The van der Waals surface area contributed by atoms with Crippen LogP contribution >= 0.6 is 11.6 Å². The van der Waals surface area contributed by atoms with Gasteiger partial charge in [0, 0.05) is 36.3 Å². The van der Waals surface area contributed by atoms with Gasteiger partial charge < -0.3 is 9.32 Å². The molecule has 29 heavy (non-hydrogen) atoms. The molecule has 1 aliphatic heterocycles. The van der Waals surface area contributed by atoms with Crippen molar-refractivity contribution in [2.24, 2.45) is 0 Å². The van der Waals surface area contributed by atoms with E-state index >= 15 is 0 Å². The first kappa shape index (κ1) is 20.1. The smallest absolute Gasteiger partial charge is 0.197 e. The van der Waals surface area contributed by atoms with E-state index in [0.717, 1.165) is 32.5 Å². The summed E-state index contributed by atoms with van der Waals surface area (Å²) in [5.74, 6) is 0. The van der Waals surface area contributed by atoms with E-state index in [1.807, 2.05) is 0 Å². The highest BCUT2D eigenvalue weighted by Gasteiger charge is 2.24. The van der Waals surface area contributed by atoms with Crippen LogP contribution in [-0.2, 0) is 13.0 Å². The minimum absolute atomic E-state index is 0.0216. The number of piperidine rings is 1. The number of hydrogen-bond donors (Lipinski definition) is 0. The third kappa shape index (κ3) is 4.89. The van der Waals surface area contributed by atoms with Crippen LogP contribution in [0.3, 0.4) is 0 Å². The quantitative estimate of drug-likeness (QED) is 0.595. The van der Waals surface area contributed by atoms with Crippen LogP contribution in [0.5, 0.6) is 0 Å². The molecule has 0 radical (unpaired) electrons. The SMILES string of the molecule is CN(CCc1ccccc1)[C@H]1CCCN(Cc2coc3ccc(Cl)cc3c2=O)C1. The van der Waals surface area contributed by atoms with E-state index in [1.54, 1.807) is 24.5 Å². The Kier molecular flexibility index (Phi) is 6.34. The van der Waals surface area contributed by atoms with Gasteiger partial charge in [-0.25, -0.2) is 0 Å². The van der Waals surface area contributed by atoms with Crippen molar-refractivity contribution >= 4 is 22.6 Å². The van der Waals surface area contributed by atoms with E-state index in [2.05, 4.69) is 47.2 Å². The van der Waals surface area contributed by atoms with Crippen LogP contribution in [0, 0.1) is 0 Å². The van der Waals surface area contributed by atoms with Crippen molar-refractivity contribution in [1.29, 1.82) is 0 Å². The molecule has 4 rings (SSSR count). The van der Waals surface area contributed by atoms with Crippen molar-refractivity contribution in [1.82, 2.24) is 9.80 Å². The topological polar surface area (TPSA) is 36.7 Å². The van der Waals surface area contributed by atoms with Crippen LogP contribution in [-0.4, -0.2) is 42.5 Å². The highest BCUT2D eigenvalue weighted by atomic mass is 35.5. The van der Waals surface area contributed by atoms with Gasteiger partial charge in [0.25, 0.3) is 0 Å². The maximum absolute atomic E-state index is 12.9. The number of rotatable bonds is 6. The normalized spacial score (nSPS) is 17.8. The van der Waals surface area contributed by atoms with Crippen molar-refractivity contribution < 1.29 is 4.42 Å². The number of likely N-dealkylation sites (N-methyl/N-ethyl adjacent to an activating group) is 1. The van der Waals surface area contributed by atoms with Crippen LogP contribution in [0.2, 0.25) is 5.02 Å². The minimum atomic E-state index is 0.0216. The molecule has 2 heterocycles. The van der Waals surface area contributed by atoms with E-state index in [1.165, 1.54) is 12.0 Å². The molecule has 0 N–H and O–H groups in total. The molecule has 0 bridgehead atoms. The zero-order chi connectivity index (χ0) is 20.2. The van der Waals surface area contributed by atoms with Gasteiger partial charge in [0.2, 0.25) is 0 Å². The Morgan fingerprint density at radius 1 is 1.21 bits per heavy atom. The monoisotopic (exact) mass is 410 g/mol. The standard InChI is InChI=1S/C24H27ClN2O2/c1-26(13-11-18-6-3-2-4-7-18)21-8-5-12-27(16-21)15-19-17-29-23-10-9-20(25)14-22(23)24(19)28/h2-4,6-7,9-10,14,17,21H,5,8,11-13,15-16H2,1H3/t21-/m0/s1. The number of nitrogens with zero attached hydrogens (tertiary/aromatic N) is 2. The number of halogens is 1. The summed E-state index contributed by atoms with van der Waals surface area (Å²) >= 11 is 6.07. The van der Waals surface area contributed by atoms with E-state index in [0.29, 0.717) is 34.1 Å². The Hall–Kier alpha value is -2.14. The molecule has 1 fully saturated rings. The lowest BCUT2D eigenvalue weighted by atomic mass is 10.0. The number of benzene rings is 2. The third-order valence-electron chi connectivity index (χ3n) is 5.90. The van der Waals surface area contributed by atoms with Gasteiger partial charge in [-0.3, -0.25) is 9.69 Å². The Balaban J connectivity index is 1.40. The average molecular weight is 411 g/mol. The molecule has 0 amide bonds. The lowest BCUT2D eigenvalue weighted by Gasteiger charge is -2.37. The summed E-state index contributed by atoms with van der Waals surface area (Å²) in [5.41, 5.74) is 2.68. The molecule has 2 aromatic carbocycles. The first-order chi connectivity index (χ1) is 14.1. The van der Waals surface area contributed by atoms with Crippen LogP contribution < -0.4 is 5.43 Å². The van der Waals surface area contributed by atoms with Gasteiger partial charge in [0.15, 0.2) is 5.43 Å². The fraction of sp³-hybridized carbons (Fsp3) is 0.375. The largest absolute Gasteiger partial charge is 0.464 e. The van der Waals surface area contributed by atoms with Gasteiger partial charge in [-0.15, -0.1) is 0 Å². The van der Waals surface area contributed by atoms with E-state index in [4.69, 9.17) is 16.0 Å². The number of fused-ring (bicyclic) bond motifs is 1. The molecule has 1 aromatic heterocycles. The second kappa shape index (κ2) is 9.12. The van der Waals surface area contributed by atoms with Gasteiger partial charge in [-0.2, -0.15) is 0 Å². The first-order valence-corrected chi connectivity index (χ1v) is 10.6. The maximum atomic E-state index is 12.9. The molecule has 4 nitrogen and oxygen atoms in total. The molecular weight excluding hydrogens is 384 g/mol. The van der Waals surface area contributed by atoms with Gasteiger partial charge in [0.05, 0.1) is 11.6 Å². The average Bonchev–Trinajstić information content (AvgIpc) is 2.75. The molecule has 152 valence electrons. The predicted octanol–water partition coefficient (Wildman–Crippen LogP) is 4.59. The van der Waals surface area contributed by atoms with Crippen molar-refractivity contribution in [3.05, 3.63) is 81.2 Å². The highest BCUT2D eigenvalue weighted by Crippen LogP contribution is 2.20. The molecule has 0 saturated carbocycles. The van der Waals surface area contributed by atoms with E-state index in [9.17, 15) is 4.79 Å². The Bertz CT molecular complexity index is 1020. The molecule has 0 aliphatic carbocycles. The van der Waals surface area contributed by atoms with Crippen molar-refractivity contribution in [3.63, 3.8) is 0 Å². The van der Waals surface area contributed by atoms with Gasteiger partial charge in [-0.1, -0.05) is 41.9 Å². The van der Waals surface area contributed by atoms with Gasteiger partial charge in [0.1, 0.15) is 5.58 Å². The maximum Gasteiger partial charge on any atom is 0.197 e. The Morgan fingerprint density at radius 3 is 2.86 bits per heavy atom. The number of likely N-dealkylation sites (tertiary alicyclic amines) is 1. The molecule has 1 saturated heterocycles. The second-order valence-electron chi connectivity index (χ2n) is 7.98. The summed E-state index contributed by atoms with van der Waals surface area (Å²) in [6, 6.07) is 16.3. The minimum Gasteiger partial charge on any atom is -0.464 e. The lowest BCUT2D eigenvalue weighted by Crippen LogP contribution is -2.47. The molecule has 1 aliphatic rings. The third-order valence-corrected chi connectivity index (χ3v) is 6.14. The van der Waals surface area contributed by atoms with Crippen molar-refractivity contribution in [2.75, 3.05) is 26.7 Å². The van der Waals surface area contributed by atoms with Gasteiger partial charge in [-0.05, 0) is 56.6 Å². The van der Waals surface area contributed by atoms with Gasteiger partial charge >= 0.3 is 0 Å². The first-order valence-electron chi connectivity index (χ1n) is 10.3. The van der Waals surface area contributed by atoms with Crippen LogP contribution in [0.1, 0.15) is 24.0 Å². The molecule has 3 aromatic rings. The van der Waals surface area contributed by atoms with Crippen LogP contribution in [0.25, 0.3) is 11.0 Å². The second-order valence-corrected chi connectivity index (χ2v) is 8.41. The Labute approximate surface area is 176 Å². The summed E-state index contributed by atoms with van der Waals surface area (Å²) in [5, 5.41) is 1.11. The summed E-state index contributed by atoms with van der Waals surface area (Å²) < 4.78 is 5.69. The predicted molar refractivity (Wildman–Crippen MR) is 119 cm³/mol. The fourth-order valence-electron chi connectivity index (χ4n) is 4.16. The molecule has 0 unspecified atom stereocenters. The van der Waals surface area contributed by atoms with E-state index < -0.39 is 0 Å². The zero-order valence-electron chi connectivity index (χ0n) is 16.8. The molecule has 5 heteroatoms. The van der Waals surface area contributed by atoms with Crippen molar-refractivity contribution in [3.8, 4) is 0 Å². The molecule has 1 atom stereocenters.